The monoisotopic (exact) mass is 182 g/mol. The van der Waals surface area contributed by atoms with E-state index in [0.29, 0.717) is 18.4 Å². The zero-order valence-electron chi connectivity index (χ0n) is 8.05. The maximum atomic E-state index is 13.2. The van der Waals surface area contributed by atoms with E-state index in [1.54, 1.807) is 13.0 Å². The topological polar surface area (TPSA) is 20.2 Å². The van der Waals surface area contributed by atoms with Crippen LogP contribution in [-0.2, 0) is 6.42 Å². The van der Waals surface area contributed by atoms with Crippen molar-refractivity contribution in [2.75, 3.05) is 0 Å². The van der Waals surface area contributed by atoms with Gasteiger partial charge in [-0.2, -0.15) is 0 Å². The molecule has 0 spiro atoms. The van der Waals surface area contributed by atoms with Crippen molar-refractivity contribution in [3.8, 4) is 0 Å². The lowest BCUT2D eigenvalue weighted by Crippen LogP contribution is -2.02. The Morgan fingerprint density at radius 2 is 2.15 bits per heavy atom. The van der Waals surface area contributed by atoms with E-state index in [0.717, 1.165) is 5.56 Å². The first-order chi connectivity index (χ1) is 6.09. The number of aliphatic hydroxyl groups excluding tert-OH is 1. The second kappa shape index (κ2) is 4.38. The van der Waals surface area contributed by atoms with Gasteiger partial charge in [-0.15, -0.1) is 0 Å². The van der Waals surface area contributed by atoms with Crippen molar-refractivity contribution in [2.24, 2.45) is 0 Å². The summed E-state index contributed by atoms with van der Waals surface area (Å²) in [5.74, 6) is -0.166. The molecule has 72 valence electrons. The third-order valence-electron chi connectivity index (χ3n) is 2.04. The van der Waals surface area contributed by atoms with Crippen molar-refractivity contribution >= 4 is 0 Å². The van der Waals surface area contributed by atoms with Crippen LogP contribution in [0.25, 0.3) is 0 Å². The van der Waals surface area contributed by atoms with E-state index in [1.807, 2.05) is 13.0 Å². The molecule has 0 unspecified atom stereocenters. The van der Waals surface area contributed by atoms with Gasteiger partial charge in [-0.05, 0) is 43.9 Å². The van der Waals surface area contributed by atoms with Crippen LogP contribution < -0.4 is 0 Å². The molecule has 0 aliphatic heterocycles. The molecule has 0 saturated heterocycles. The Bertz CT molecular complexity index is 281. The molecule has 0 saturated carbocycles. The van der Waals surface area contributed by atoms with Crippen molar-refractivity contribution in [2.45, 2.75) is 32.8 Å². The molecule has 0 radical (unpaired) electrons. The highest BCUT2D eigenvalue weighted by Crippen LogP contribution is 2.12. The Labute approximate surface area is 78.2 Å². The molecule has 13 heavy (non-hydrogen) atoms. The molecule has 0 amide bonds. The molecule has 0 heterocycles. The lowest BCUT2D eigenvalue weighted by Gasteiger charge is -2.05. The Hall–Kier alpha value is -0.890. The van der Waals surface area contributed by atoms with Crippen LogP contribution in [0.4, 0.5) is 4.39 Å². The van der Waals surface area contributed by atoms with Gasteiger partial charge < -0.3 is 5.11 Å². The third-order valence-corrected chi connectivity index (χ3v) is 2.04. The summed E-state index contributed by atoms with van der Waals surface area (Å²) in [4.78, 5) is 0. The van der Waals surface area contributed by atoms with Gasteiger partial charge in [0, 0.05) is 0 Å². The van der Waals surface area contributed by atoms with Crippen LogP contribution in [0.2, 0.25) is 0 Å². The largest absolute Gasteiger partial charge is 0.393 e. The summed E-state index contributed by atoms with van der Waals surface area (Å²) >= 11 is 0. The van der Waals surface area contributed by atoms with Crippen molar-refractivity contribution in [3.63, 3.8) is 0 Å². The van der Waals surface area contributed by atoms with Crippen molar-refractivity contribution < 1.29 is 9.50 Å². The summed E-state index contributed by atoms with van der Waals surface area (Å²) in [5, 5.41) is 9.04. The third kappa shape index (κ3) is 3.15. The molecular formula is C11H15FO. The molecule has 1 atom stereocenters. The Morgan fingerprint density at radius 1 is 1.46 bits per heavy atom. The number of halogens is 1. The van der Waals surface area contributed by atoms with E-state index in [4.69, 9.17) is 5.11 Å². The molecule has 0 fully saturated rings. The first kappa shape index (κ1) is 10.2. The van der Waals surface area contributed by atoms with Crippen molar-refractivity contribution in [3.05, 3.63) is 35.1 Å². The fourth-order valence-electron chi connectivity index (χ4n) is 1.22. The smallest absolute Gasteiger partial charge is 0.126 e. The van der Waals surface area contributed by atoms with Crippen LogP contribution in [0.15, 0.2) is 18.2 Å². The zero-order chi connectivity index (χ0) is 9.84. The molecular weight excluding hydrogens is 167 g/mol. The summed E-state index contributed by atoms with van der Waals surface area (Å²) in [6.45, 7) is 3.58. The van der Waals surface area contributed by atoms with Gasteiger partial charge in [0.1, 0.15) is 5.82 Å². The number of hydrogen-bond acceptors (Lipinski definition) is 1. The molecule has 0 aliphatic carbocycles. The number of aliphatic hydroxyl groups is 1. The fraction of sp³-hybridized carbons (Fsp3) is 0.455. The van der Waals surface area contributed by atoms with E-state index in [-0.39, 0.29) is 11.9 Å². The normalized spacial score (nSPS) is 12.9. The van der Waals surface area contributed by atoms with Crippen molar-refractivity contribution in [1.29, 1.82) is 0 Å². The quantitative estimate of drug-likeness (QED) is 0.761. The minimum atomic E-state index is -0.360. The highest BCUT2D eigenvalue weighted by molar-refractivity contribution is 5.23. The van der Waals surface area contributed by atoms with Gasteiger partial charge in [-0.3, -0.25) is 0 Å². The van der Waals surface area contributed by atoms with Gasteiger partial charge >= 0.3 is 0 Å². The second-order valence-electron chi connectivity index (χ2n) is 3.48. The first-order valence-corrected chi connectivity index (χ1v) is 4.52. The summed E-state index contributed by atoms with van der Waals surface area (Å²) in [7, 11) is 0. The summed E-state index contributed by atoms with van der Waals surface area (Å²) in [5.41, 5.74) is 1.62. The minimum absolute atomic E-state index is 0.166. The van der Waals surface area contributed by atoms with Crippen LogP contribution in [0.5, 0.6) is 0 Å². The van der Waals surface area contributed by atoms with Crippen LogP contribution in [0.1, 0.15) is 24.5 Å². The molecule has 1 rings (SSSR count). The predicted octanol–water partition coefficient (Wildman–Crippen LogP) is 2.45. The van der Waals surface area contributed by atoms with Crippen LogP contribution in [-0.4, -0.2) is 11.2 Å². The Kier molecular flexibility index (Phi) is 3.43. The summed E-state index contributed by atoms with van der Waals surface area (Å²) < 4.78 is 13.2. The van der Waals surface area contributed by atoms with Gasteiger partial charge in [0.25, 0.3) is 0 Å². The van der Waals surface area contributed by atoms with Gasteiger partial charge in [-0.25, -0.2) is 4.39 Å². The molecule has 2 heteroatoms. The lowest BCUT2D eigenvalue weighted by molar-refractivity contribution is 0.184. The van der Waals surface area contributed by atoms with Gasteiger partial charge in [-0.1, -0.05) is 12.1 Å². The van der Waals surface area contributed by atoms with Gasteiger partial charge in [0.2, 0.25) is 0 Å². The average molecular weight is 182 g/mol. The summed E-state index contributed by atoms with van der Waals surface area (Å²) in [6.07, 6.45) is 0.852. The molecule has 1 N–H and O–H groups in total. The number of aryl methyl sites for hydroxylation is 2. The highest BCUT2D eigenvalue weighted by atomic mass is 19.1. The van der Waals surface area contributed by atoms with Gasteiger partial charge in [0.15, 0.2) is 0 Å². The SMILES string of the molecule is Cc1ccc(CC[C@H](C)O)c(F)c1. The van der Waals surface area contributed by atoms with Gasteiger partial charge in [0.05, 0.1) is 6.10 Å². The maximum absolute atomic E-state index is 13.2. The molecule has 1 aromatic rings. The minimum Gasteiger partial charge on any atom is -0.393 e. The molecule has 1 aromatic carbocycles. The van der Waals surface area contributed by atoms with Crippen LogP contribution >= 0.6 is 0 Å². The Balaban J connectivity index is 2.67. The zero-order valence-corrected chi connectivity index (χ0v) is 8.05. The van der Waals surface area contributed by atoms with Crippen LogP contribution in [0, 0.1) is 12.7 Å². The van der Waals surface area contributed by atoms with E-state index in [9.17, 15) is 4.39 Å². The van der Waals surface area contributed by atoms with E-state index < -0.39 is 0 Å². The summed E-state index contributed by atoms with van der Waals surface area (Å²) in [6, 6.07) is 5.20. The standard InChI is InChI=1S/C11H15FO/c1-8-3-5-10(11(12)7-8)6-4-9(2)13/h3,5,7,9,13H,4,6H2,1-2H3/t9-/m0/s1. The van der Waals surface area contributed by atoms with Crippen molar-refractivity contribution in [1.82, 2.24) is 0 Å². The maximum Gasteiger partial charge on any atom is 0.126 e. The highest BCUT2D eigenvalue weighted by Gasteiger charge is 2.03. The first-order valence-electron chi connectivity index (χ1n) is 4.52. The molecule has 1 nitrogen and oxygen atoms in total. The Morgan fingerprint density at radius 3 is 2.69 bits per heavy atom. The molecule has 0 bridgehead atoms. The number of rotatable bonds is 3. The lowest BCUT2D eigenvalue weighted by atomic mass is 10.1. The van der Waals surface area contributed by atoms with Crippen LogP contribution in [0.3, 0.4) is 0 Å². The number of benzene rings is 1. The number of hydrogen-bond donors (Lipinski definition) is 1. The molecule has 0 aliphatic rings. The second-order valence-corrected chi connectivity index (χ2v) is 3.48. The van der Waals surface area contributed by atoms with E-state index in [2.05, 4.69) is 0 Å². The molecule has 0 aromatic heterocycles. The van der Waals surface area contributed by atoms with E-state index in [1.165, 1.54) is 6.07 Å². The van der Waals surface area contributed by atoms with E-state index >= 15 is 0 Å². The predicted molar refractivity (Wildman–Crippen MR) is 51.1 cm³/mol. The fourth-order valence-corrected chi connectivity index (χ4v) is 1.22. The average Bonchev–Trinajstić information content (AvgIpc) is 2.02.